The molecule has 1 fully saturated rings. The van der Waals surface area contributed by atoms with E-state index in [-0.39, 0.29) is 0 Å². The van der Waals surface area contributed by atoms with E-state index in [2.05, 4.69) is 24.9 Å². The predicted molar refractivity (Wildman–Crippen MR) is 69.9 cm³/mol. The first-order chi connectivity index (χ1) is 8.19. The Morgan fingerprint density at radius 3 is 2.71 bits per heavy atom. The summed E-state index contributed by atoms with van der Waals surface area (Å²) >= 11 is 0. The molecule has 1 atom stereocenters. The normalized spacial score (nSPS) is 18.5. The van der Waals surface area contributed by atoms with Crippen molar-refractivity contribution in [1.29, 1.82) is 0 Å². The fraction of sp³-hybridized carbons (Fsp3) is 0.714. The van der Waals surface area contributed by atoms with E-state index in [9.17, 15) is 0 Å². The monoisotopic (exact) mass is 233 g/mol. The van der Waals surface area contributed by atoms with Crippen LogP contribution in [-0.2, 0) is 6.42 Å². The van der Waals surface area contributed by atoms with Crippen LogP contribution in [-0.4, -0.2) is 16.5 Å². The van der Waals surface area contributed by atoms with Gasteiger partial charge in [-0.05, 0) is 38.3 Å². The Balaban J connectivity index is 2.16. The van der Waals surface area contributed by atoms with Crippen molar-refractivity contribution in [3.05, 3.63) is 23.3 Å². The Morgan fingerprint density at radius 1 is 1.35 bits per heavy atom. The molecular formula is C14H23N3. The van der Waals surface area contributed by atoms with Crippen LogP contribution < -0.4 is 5.73 Å². The van der Waals surface area contributed by atoms with E-state index in [1.54, 1.807) is 0 Å². The standard InChI is InChI=1S/C14H23N3/c1-10(9-15)7-14-16-11(2)8-13(17-14)12-5-3-4-6-12/h8,10,12H,3-7,9,15H2,1-2H3. The average molecular weight is 233 g/mol. The van der Waals surface area contributed by atoms with Crippen molar-refractivity contribution in [2.75, 3.05) is 6.54 Å². The highest BCUT2D eigenvalue weighted by atomic mass is 14.9. The zero-order chi connectivity index (χ0) is 12.3. The molecule has 17 heavy (non-hydrogen) atoms. The number of nitrogens with zero attached hydrogens (tertiary/aromatic N) is 2. The Kier molecular flexibility index (Phi) is 4.11. The second kappa shape index (κ2) is 5.58. The third kappa shape index (κ3) is 3.25. The topological polar surface area (TPSA) is 51.8 Å². The maximum absolute atomic E-state index is 5.66. The number of aromatic nitrogens is 2. The van der Waals surface area contributed by atoms with Crippen LogP contribution in [0, 0.1) is 12.8 Å². The largest absolute Gasteiger partial charge is 0.330 e. The summed E-state index contributed by atoms with van der Waals surface area (Å²) in [6.45, 7) is 4.92. The summed E-state index contributed by atoms with van der Waals surface area (Å²) in [5.41, 5.74) is 8.02. The van der Waals surface area contributed by atoms with Crippen LogP contribution in [0.3, 0.4) is 0 Å². The Morgan fingerprint density at radius 2 is 2.06 bits per heavy atom. The van der Waals surface area contributed by atoms with E-state index < -0.39 is 0 Å². The lowest BCUT2D eigenvalue weighted by Crippen LogP contribution is -2.15. The molecule has 2 N–H and O–H groups in total. The fourth-order valence-electron chi connectivity index (χ4n) is 2.57. The molecule has 1 aromatic rings. The fourth-order valence-corrected chi connectivity index (χ4v) is 2.57. The summed E-state index contributed by atoms with van der Waals surface area (Å²) in [5, 5.41) is 0. The van der Waals surface area contributed by atoms with Crippen LogP contribution in [0.1, 0.15) is 55.7 Å². The summed E-state index contributed by atoms with van der Waals surface area (Å²) in [4.78, 5) is 9.26. The Bertz CT molecular complexity index is 370. The van der Waals surface area contributed by atoms with Crippen LogP contribution in [0.2, 0.25) is 0 Å². The van der Waals surface area contributed by atoms with Crippen molar-refractivity contribution in [3.8, 4) is 0 Å². The lowest BCUT2D eigenvalue weighted by Gasteiger charge is -2.13. The SMILES string of the molecule is Cc1cc(C2CCCC2)nc(CC(C)CN)n1. The molecule has 0 amide bonds. The Labute approximate surface area is 104 Å². The van der Waals surface area contributed by atoms with Crippen LogP contribution in [0.4, 0.5) is 0 Å². The van der Waals surface area contributed by atoms with E-state index in [4.69, 9.17) is 10.7 Å². The average Bonchev–Trinajstić information content (AvgIpc) is 2.81. The van der Waals surface area contributed by atoms with Gasteiger partial charge in [0.05, 0.1) is 0 Å². The zero-order valence-corrected chi connectivity index (χ0v) is 10.9. The minimum absolute atomic E-state index is 0.466. The molecule has 3 heteroatoms. The lowest BCUT2D eigenvalue weighted by molar-refractivity contribution is 0.565. The van der Waals surface area contributed by atoms with Gasteiger partial charge in [-0.15, -0.1) is 0 Å². The van der Waals surface area contributed by atoms with Crippen molar-refractivity contribution in [2.45, 2.75) is 51.9 Å². The van der Waals surface area contributed by atoms with Gasteiger partial charge in [-0.25, -0.2) is 9.97 Å². The minimum Gasteiger partial charge on any atom is -0.330 e. The molecule has 1 aliphatic carbocycles. The third-order valence-electron chi connectivity index (χ3n) is 3.63. The first-order valence-corrected chi connectivity index (χ1v) is 6.73. The van der Waals surface area contributed by atoms with Gasteiger partial charge in [0, 0.05) is 23.7 Å². The van der Waals surface area contributed by atoms with Gasteiger partial charge in [-0.1, -0.05) is 19.8 Å². The molecule has 0 aliphatic heterocycles. The molecule has 1 aromatic heterocycles. The van der Waals surface area contributed by atoms with Gasteiger partial charge in [0.15, 0.2) is 0 Å². The molecule has 94 valence electrons. The molecule has 1 unspecified atom stereocenters. The zero-order valence-electron chi connectivity index (χ0n) is 10.9. The van der Waals surface area contributed by atoms with Gasteiger partial charge in [0.25, 0.3) is 0 Å². The predicted octanol–water partition coefficient (Wildman–Crippen LogP) is 2.58. The lowest BCUT2D eigenvalue weighted by atomic mass is 10.0. The third-order valence-corrected chi connectivity index (χ3v) is 3.63. The maximum Gasteiger partial charge on any atom is 0.129 e. The van der Waals surface area contributed by atoms with E-state index in [0.717, 1.165) is 17.9 Å². The van der Waals surface area contributed by atoms with E-state index in [1.165, 1.54) is 31.4 Å². The molecule has 2 rings (SSSR count). The highest BCUT2D eigenvalue weighted by Crippen LogP contribution is 2.33. The molecule has 1 aliphatic rings. The van der Waals surface area contributed by atoms with E-state index >= 15 is 0 Å². The highest BCUT2D eigenvalue weighted by molar-refractivity contribution is 5.15. The number of rotatable bonds is 4. The van der Waals surface area contributed by atoms with Crippen molar-refractivity contribution in [1.82, 2.24) is 9.97 Å². The van der Waals surface area contributed by atoms with Crippen LogP contribution in [0.25, 0.3) is 0 Å². The number of hydrogen-bond donors (Lipinski definition) is 1. The molecule has 0 saturated heterocycles. The highest BCUT2D eigenvalue weighted by Gasteiger charge is 2.19. The number of hydrogen-bond acceptors (Lipinski definition) is 3. The maximum atomic E-state index is 5.66. The van der Waals surface area contributed by atoms with Gasteiger partial charge in [0.2, 0.25) is 0 Å². The van der Waals surface area contributed by atoms with Crippen molar-refractivity contribution in [2.24, 2.45) is 11.7 Å². The van der Waals surface area contributed by atoms with Crippen molar-refractivity contribution >= 4 is 0 Å². The van der Waals surface area contributed by atoms with Crippen LogP contribution in [0.5, 0.6) is 0 Å². The quantitative estimate of drug-likeness (QED) is 0.869. The molecule has 0 radical (unpaired) electrons. The van der Waals surface area contributed by atoms with Gasteiger partial charge in [0.1, 0.15) is 5.82 Å². The van der Waals surface area contributed by atoms with Crippen molar-refractivity contribution < 1.29 is 0 Å². The molecule has 1 heterocycles. The summed E-state index contributed by atoms with van der Waals surface area (Å²) in [6.07, 6.45) is 6.19. The molecule has 0 bridgehead atoms. The first-order valence-electron chi connectivity index (χ1n) is 6.73. The van der Waals surface area contributed by atoms with Crippen LogP contribution in [0.15, 0.2) is 6.07 Å². The molecule has 3 nitrogen and oxygen atoms in total. The summed E-state index contributed by atoms with van der Waals surface area (Å²) in [7, 11) is 0. The van der Waals surface area contributed by atoms with Gasteiger partial charge in [-0.3, -0.25) is 0 Å². The molecule has 0 aromatic carbocycles. The molecule has 1 saturated carbocycles. The number of nitrogens with two attached hydrogens (primary N) is 1. The van der Waals surface area contributed by atoms with Crippen LogP contribution >= 0.6 is 0 Å². The van der Waals surface area contributed by atoms with E-state index in [1.807, 2.05) is 0 Å². The molecule has 0 spiro atoms. The first kappa shape index (κ1) is 12.5. The van der Waals surface area contributed by atoms with Gasteiger partial charge in [-0.2, -0.15) is 0 Å². The minimum atomic E-state index is 0.466. The summed E-state index contributed by atoms with van der Waals surface area (Å²) < 4.78 is 0. The summed E-state index contributed by atoms with van der Waals surface area (Å²) in [5.74, 6) is 2.11. The van der Waals surface area contributed by atoms with Gasteiger partial charge >= 0.3 is 0 Å². The van der Waals surface area contributed by atoms with Gasteiger partial charge < -0.3 is 5.73 Å². The second-order valence-corrected chi connectivity index (χ2v) is 5.38. The summed E-state index contributed by atoms with van der Waals surface area (Å²) in [6, 6.07) is 2.16. The smallest absolute Gasteiger partial charge is 0.129 e. The second-order valence-electron chi connectivity index (χ2n) is 5.38. The van der Waals surface area contributed by atoms with Crippen molar-refractivity contribution in [3.63, 3.8) is 0 Å². The Hall–Kier alpha value is -0.960. The number of aryl methyl sites for hydroxylation is 1. The molecular weight excluding hydrogens is 210 g/mol. The van der Waals surface area contributed by atoms with E-state index in [0.29, 0.717) is 18.4 Å².